The van der Waals surface area contributed by atoms with Gasteiger partial charge >= 0.3 is 5.97 Å². The molecule has 1 aromatic heterocycles. The van der Waals surface area contributed by atoms with Gasteiger partial charge in [-0.1, -0.05) is 6.92 Å². The molecule has 0 saturated carbocycles. The van der Waals surface area contributed by atoms with Crippen LogP contribution in [0.3, 0.4) is 0 Å². The van der Waals surface area contributed by atoms with Crippen LogP contribution in [0.4, 0.5) is 0 Å². The number of carboxylic acid groups (broad SMARTS) is 1. The van der Waals surface area contributed by atoms with E-state index in [1.165, 1.54) is 30.6 Å². The van der Waals surface area contributed by atoms with Gasteiger partial charge in [-0.25, -0.2) is 9.78 Å². The Morgan fingerprint density at radius 2 is 2.41 bits per heavy atom. The molecule has 0 bridgehead atoms. The quantitative estimate of drug-likeness (QED) is 0.900. The second-order valence-electron chi connectivity index (χ2n) is 4.76. The van der Waals surface area contributed by atoms with Crippen LogP contribution in [0, 0.1) is 5.92 Å². The molecule has 1 aromatic rings. The average molecular weight is 254 g/mol. The first kappa shape index (κ1) is 12.5. The van der Waals surface area contributed by atoms with Crippen LogP contribution in [0.2, 0.25) is 0 Å². The van der Waals surface area contributed by atoms with E-state index < -0.39 is 5.97 Å². The van der Waals surface area contributed by atoms with E-state index in [1.807, 2.05) is 5.38 Å². The van der Waals surface area contributed by atoms with E-state index >= 15 is 0 Å². The van der Waals surface area contributed by atoms with Gasteiger partial charge < -0.3 is 5.11 Å². The Morgan fingerprint density at radius 3 is 3.12 bits per heavy atom. The summed E-state index contributed by atoms with van der Waals surface area (Å²) in [6.45, 7) is 5.29. The van der Waals surface area contributed by atoms with Gasteiger partial charge in [-0.3, -0.25) is 4.90 Å². The zero-order valence-electron chi connectivity index (χ0n) is 10.1. The second kappa shape index (κ2) is 5.60. The molecule has 94 valence electrons. The minimum atomic E-state index is -0.925. The van der Waals surface area contributed by atoms with Crippen molar-refractivity contribution in [3.8, 4) is 0 Å². The SMILES string of the molecule is CC1CCCN(Cc2csc(C(=O)O)n2)CC1. The Balaban J connectivity index is 1.93. The number of nitrogens with zero attached hydrogens (tertiary/aromatic N) is 2. The average Bonchev–Trinajstić information content (AvgIpc) is 2.65. The van der Waals surface area contributed by atoms with Gasteiger partial charge in [0, 0.05) is 11.9 Å². The Labute approximate surface area is 105 Å². The first-order valence-corrected chi connectivity index (χ1v) is 6.93. The zero-order valence-corrected chi connectivity index (χ0v) is 10.9. The topological polar surface area (TPSA) is 53.4 Å². The van der Waals surface area contributed by atoms with E-state index in [0.29, 0.717) is 0 Å². The minimum Gasteiger partial charge on any atom is -0.476 e. The number of hydrogen-bond donors (Lipinski definition) is 1. The van der Waals surface area contributed by atoms with Gasteiger partial charge in [-0.2, -0.15) is 0 Å². The molecule has 5 heteroatoms. The van der Waals surface area contributed by atoms with Crippen LogP contribution >= 0.6 is 11.3 Å². The number of thiazole rings is 1. The van der Waals surface area contributed by atoms with Gasteiger partial charge in [0.25, 0.3) is 0 Å². The maximum Gasteiger partial charge on any atom is 0.365 e. The van der Waals surface area contributed by atoms with E-state index in [2.05, 4.69) is 16.8 Å². The Morgan fingerprint density at radius 1 is 1.59 bits per heavy atom. The summed E-state index contributed by atoms with van der Waals surface area (Å²) in [6, 6.07) is 0. The molecule has 2 heterocycles. The monoisotopic (exact) mass is 254 g/mol. The Hall–Kier alpha value is -0.940. The fraction of sp³-hybridized carbons (Fsp3) is 0.667. The molecule has 2 rings (SSSR count). The molecular weight excluding hydrogens is 236 g/mol. The van der Waals surface area contributed by atoms with Gasteiger partial charge in [0.05, 0.1) is 5.69 Å². The van der Waals surface area contributed by atoms with Crippen molar-refractivity contribution in [2.75, 3.05) is 13.1 Å². The number of aromatic carboxylic acids is 1. The molecule has 0 spiro atoms. The van der Waals surface area contributed by atoms with E-state index in [1.54, 1.807) is 0 Å². The predicted octanol–water partition coefficient (Wildman–Crippen LogP) is 2.46. The lowest BCUT2D eigenvalue weighted by molar-refractivity contribution is 0.0696. The maximum absolute atomic E-state index is 10.7. The Kier molecular flexibility index (Phi) is 4.12. The molecule has 1 aliphatic heterocycles. The van der Waals surface area contributed by atoms with Crippen LogP contribution in [0.1, 0.15) is 41.7 Å². The summed E-state index contributed by atoms with van der Waals surface area (Å²) >= 11 is 1.21. The third-order valence-electron chi connectivity index (χ3n) is 3.23. The number of hydrogen-bond acceptors (Lipinski definition) is 4. The highest BCUT2D eigenvalue weighted by Gasteiger charge is 2.16. The molecule has 1 N–H and O–H groups in total. The number of likely N-dealkylation sites (tertiary alicyclic amines) is 1. The van der Waals surface area contributed by atoms with Crippen LogP contribution in [0.25, 0.3) is 0 Å². The number of aromatic nitrogens is 1. The van der Waals surface area contributed by atoms with Crippen molar-refractivity contribution >= 4 is 17.3 Å². The normalized spacial score (nSPS) is 22.3. The van der Waals surface area contributed by atoms with Crippen molar-refractivity contribution in [3.05, 3.63) is 16.1 Å². The maximum atomic E-state index is 10.7. The van der Waals surface area contributed by atoms with Gasteiger partial charge in [-0.05, 0) is 38.3 Å². The van der Waals surface area contributed by atoms with Gasteiger partial charge in [-0.15, -0.1) is 11.3 Å². The van der Waals surface area contributed by atoms with Crippen LogP contribution in [-0.4, -0.2) is 34.0 Å². The van der Waals surface area contributed by atoms with Crippen LogP contribution in [-0.2, 0) is 6.54 Å². The van der Waals surface area contributed by atoms with Crippen molar-refractivity contribution in [3.63, 3.8) is 0 Å². The highest BCUT2D eigenvalue weighted by Crippen LogP contribution is 2.19. The lowest BCUT2D eigenvalue weighted by atomic mass is 10.0. The summed E-state index contributed by atoms with van der Waals surface area (Å²) in [4.78, 5) is 17.2. The largest absolute Gasteiger partial charge is 0.476 e. The molecule has 1 saturated heterocycles. The van der Waals surface area contributed by atoms with E-state index in [9.17, 15) is 4.79 Å². The minimum absolute atomic E-state index is 0.197. The summed E-state index contributed by atoms with van der Waals surface area (Å²) in [6.07, 6.45) is 3.76. The zero-order chi connectivity index (χ0) is 12.3. The molecule has 1 aliphatic rings. The molecule has 4 nitrogen and oxygen atoms in total. The molecule has 0 radical (unpaired) electrons. The number of carbonyl (C=O) groups is 1. The van der Waals surface area contributed by atoms with Crippen molar-refractivity contribution in [2.24, 2.45) is 5.92 Å². The second-order valence-corrected chi connectivity index (χ2v) is 5.62. The van der Waals surface area contributed by atoms with Crippen molar-refractivity contribution < 1.29 is 9.90 Å². The van der Waals surface area contributed by atoms with E-state index in [4.69, 9.17) is 5.11 Å². The molecule has 17 heavy (non-hydrogen) atoms. The first-order chi connectivity index (χ1) is 8.15. The molecule has 1 fully saturated rings. The summed E-state index contributed by atoms with van der Waals surface area (Å²) in [5.41, 5.74) is 0.891. The predicted molar refractivity (Wildman–Crippen MR) is 67.4 cm³/mol. The van der Waals surface area contributed by atoms with Gasteiger partial charge in [0.15, 0.2) is 0 Å². The fourth-order valence-corrected chi connectivity index (χ4v) is 2.83. The molecular formula is C12H18N2O2S. The molecule has 0 aliphatic carbocycles. The molecule has 0 amide bonds. The van der Waals surface area contributed by atoms with Crippen LogP contribution in [0.5, 0.6) is 0 Å². The van der Waals surface area contributed by atoms with Crippen LogP contribution in [0.15, 0.2) is 5.38 Å². The lowest BCUT2D eigenvalue weighted by Gasteiger charge is -2.18. The first-order valence-electron chi connectivity index (χ1n) is 6.05. The van der Waals surface area contributed by atoms with Crippen LogP contribution < -0.4 is 0 Å². The smallest absolute Gasteiger partial charge is 0.365 e. The van der Waals surface area contributed by atoms with Gasteiger partial charge in [0.2, 0.25) is 5.01 Å². The van der Waals surface area contributed by atoms with Crippen molar-refractivity contribution in [1.29, 1.82) is 0 Å². The molecule has 1 atom stereocenters. The number of carboxylic acids is 1. The van der Waals surface area contributed by atoms with E-state index in [-0.39, 0.29) is 5.01 Å². The summed E-state index contributed by atoms with van der Waals surface area (Å²) in [7, 11) is 0. The molecule has 1 unspecified atom stereocenters. The molecule has 0 aromatic carbocycles. The third kappa shape index (κ3) is 3.51. The fourth-order valence-electron chi connectivity index (χ4n) is 2.19. The summed E-state index contributed by atoms with van der Waals surface area (Å²) in [5.74, 6) is -0.115. The summed E-state index contributed by atoms with van der Waals surface area (Å²) in [5, 5.41) is 10.9. The number of rotatable bonds is 3. The highest BCUT2D eigenvalue weighted by molar-refractivity contribution is 7.11. The summed E-state index contributed by atoms with van der Waals surface area (Å²) < 4.78 is 0. The standard InChI is InChI=1S/C12H18N2O2S/c1-9-3-2-5-14(6-4-9)7-10-8-17-11(13-10)12(15)16/h8-9H,2-7H2,1H3,(H,15,16). The van der Waals surface area contributed by atoms with Gasteiger partial charge in [0.1, 0.15) is 0 Å². The highest BCUT2D eigenvalue weighted by atomic mass is 32.1. The van der Waals surface area contributed by atoms with E-state index in [0.717, 1.165) is 31.2 Å². The third-order valence-corrected chi connectivity index (χ3v) is 4.11. The van der Waals surface area contributed by atoms with Crippen molar-refractivity contribution in [2.45, 2.75) is 32.7 Å². The lowest BCUT2D eigenvalue weighted by Crippen LogP contribution is -2.24. The Bertz CT molecular complexity index is 392. The van der Waals surface area contributed by atoms with Crippen molar-refractivity contribution in [1.82, 2.24) is 9.88 Å².